The standard InChI is InChI=1S/C12H18N2O4S/c1-13-19(16,17)12-8-7-11(18-12)9-14(15)10-5-3-2-4-6-10/h7-10,13H,2-6H2,1H3. The molecule has 1 aliphatic carbocycles. The average molecular weight is 286 g/mol. The van der Waals surface area contributed by atoms with E-state index in [1.165, 1.54) is 31.8 Å². The monoisotopic (exact) mass is 286 g/mol. The zero-order valence-corrected chi connectivity index (χ0v) is 11.6. The Bertz CT molecular complexity index is 556. The molecule has 2 rings (SSSR count). The first-order valence-corrected chi connectivity index (χ1v) is 7.85. The van der Waals surface area contributed by atoms with E-state index in [1.807, 2.05) is 0 Å². The van der Waals surface area contributed by atoms with Gasteiger partial charge in [0.2, 0.25) is 11.3 Å². The van der Waals surface area contributed by atoms with Gasteiger partial charge in [0, 0.05) is 12.8 Å². The van der Waals surface area contributed by atoms with Gasteiger partial charge in [-0.15, -0.1) is 0 Å². The Kier molecular flexibility index (Phi) is 4.26. The third-order valence-corrected chi connectivity index (χ3v) is 4.61. The van der Waals surface area contributed by atoms with Gasteiger partial charge in [-0.3, -0.25) is 0 Å². The first-order valence-electron chi connectivity index (χ1n) is 6.36. The fourth-order valence-electron chi connectivity index (χ4n) is 2.22. The Labute approximate surface area is 112 Å². The van der Waals surface area contributed by atoms with Crippen LogP contribution in [-0.4, -0.2) is 32.5 Å². The van der Waals surface area contributed by atoms with Gasteiger partial charge in [0.05, 0.1) is 0 Å². The van der Waals surface area contributed by atoms with Crippen LogP contribution in [0.2, 0.25) is 0 Å². The minimum Gasteiger partial charge on any atom is -0.624 e. The molecule has 0 amide bonds. The second kappa shape index (κ2) is 5.75. The summed E-state index contributed by atoms with van der Waals surface area (Å²) in [6.45, 7) is 0. The number of hydrogen-bond acceptors (Lipinski definition) is 4. The fraction of sp³-hybridized carbons (Fsp3) is 0.583. The third-order valence-electron chi connectivity index (χ3n) is 3.32. The maximum Gasteiger partial charge on any atom is 0.273 e. The van der Waals surface area contributed by atoms with Crippen molar-refractivity contribution in [2.45, 2.75) is 43.2 Å². The topological polar surface area (TPSA) is 85.4 Å². The third kappa shape index (κ3) is 3.36. The van der Waals surface area contributed by atoms with Crippen molar-refractivity contribution in [3.63, 3.8) is 0 Å². The summed E-state index contributed by atoms with van der Waals surface area (Å²) in [5.74, 6) is 0.259. The van der Waals surface area contributed by atoms with Crippen LogP contribution < -0.4 is 4.72 Å². The Morgan fingerprint density at radius 2 is 2.05 bits per heavy atom. The van der Waals surface area contributed by atoms with E-state index >= 15 is 0 Å². The van der Waals surface area contributed by atoms with Crippen molar-refractivity contribution in [3.8, 4) is 0 Å². The number of hydrogen-bond donors (Lipinski definition) is 1. The highest BCUT2D eigenvalue weighted by atomic mass is 32.2. The minimum atomic E-state index is -3.60. The molecule has 1 saturated carbocycles. The normalized spacial score (nSPS) is 18.7. The van der Waals surface area contributed by atoms with E-state index in [0.717, 1.165) is 30.4 Å². The van der Waals surface area contributed by atoms with Crippen LogP contribution in [0.5, 0.6) is 0 Å². The Morgan fingerprint density at radius 3 is 2.68 bits per heavy atom. The lowest BCUT2D eigenvalue weighted by molar-refractivity contribution is -0.501. The number of rotatable bonds is 4. The van der Waals surface area contributed by atoms with Crippen molar-refractivity contribution < 1.29 is 17.6 Å². The van der Waals surface area contributed by atoms with Gasteiger partial charge in [0.15, 0.2) is 11.8 Å². The van der Waals surface area contributed by atoms with E-state index in [2.05, 4.69) is 4.72 Å². The summed E-state index contributed by atoms with van der Waals surface area (Å²) in [7, 11) is -2.29. The zero-order chi connectivity index (χ0) is 13.9. The van der Waals surface area contributed by atoms with Crippen LogP contribution in [0.4, 0.5) is 0 Å². The number of hydroxylamine groups is 1. The van der Waals surface area contributed by atoms with Gasteiger partial charge < -0.3 is 9.62 Å². The van der Waals surface area contributed by atoms with Gasteiger partial charge in [-0.2, -0.15) is 0 Å². The molecule has 7 heteroatoms. The van der Waals surface area contributed by atoms with E-state index in [1.54, 1.807) is 0 Å². The molecule has 0 unspecified atom stereocenters. The van der Waals surface area contributed by atoms with Gasteiger partial charge in [-0.1, -0.05) is 6.42 Å². The smallest absolute Gasteiger partial charge is 0.273 e. The molecule has 1 aromatic heterocycles. The highest BCUT2D eigenvalue weighted by molar-refractivity contribution is 7.89. The molecule has 0 spiro atoms. The second-order valence-electron chi connectivity index (χ2n) is 4.65. The van der Waals surface area contributed by atoms with Crippen molar-refractivity contribution in [1.82, 2.24) is 4.72 Å². The molecule has 0 aliphatic heterocycles. The van der Waals surface area contributed by atoms with Gasteiger partial charge in [-0.25, -0.2) is 17.9 Å². The molecule has 1 fully saturated rings. The van der Waals surface area contributed by atoms with Crippen LogP contribution >= 0.6 is 0 Å². The lowest BCUT2D eigenvalue weighted by Crippen LogP contribution is -2.25. The Hall–Kier alpha value is -1.34. The molecule has 1 aliphatic rings. The molecule has 6 nitrogen and oxygen atoms in total. The predicted octanol–water partition coefficient (Wildman–Crippen LogP) is 1.45. The predicted molar refractivity (Wildman–Crippen MR) is 70.6 cm³/mol. The van der Waals surface area contributed by atoms with E-state index in [-0.39, 0.29) is 16.9 Å². The molecule has 0 aromatic carbocycles. The van der Waals surface area contributed by atoms with Crippen LogP contribution in [0.1, 0.15) is 37.9 Å². The van der Waals surface area contributed by atoms with Crippen LogP contribution in [0.15, 0.2) is 21.6 Å². The van der Waals surface area contributed by atoms with Crippen LogP contribution in [0.25, 0.3) is 0 Å². The van der Waals surface area contributed by atoms with Crippen molar-refractivity contribution in [3.05, 3.63) is 23.1 Å². The Morgan fingerprint density at radius 1 is 1.37 bits per heavy atom. The van der Waals surface area contributed by atoms with E-state index in [9.17, 15) is 13.6 Å². The van der Waals surface area contributed by atoms with Crippen molar-refractivity contribution in [2.75, 3.05) is 7.05 Å². The first-order chi connectivity index (χ1) is 9.03. The second-order valence-corrected chi connectivity index (χ2v) is 6.46. The molecule has 1 aromatic rings. The van der Waals surface area contributed by atoms with Gasteiger partial charge in [0.1, 0.15) is 0 Å². The maximum absolute atomic E-state index is 11.9. The molecule has 0 bridgehead atoms. The van der Waals surface area contributed by atoms with E-state index in [0.29, 0.717) is 0 Å². The number of sulfonamides is 1. The van der Waals surface area contributed by atoms with Crippen molar-refractivity contribution in [1.29, 1.82) is 0 Å². The summed E-state index contributed by atoms with van der Waals surface area (Å²) in [5, 5.41) is 11.7. The maximum atomic E-state index is 11.9. The molecule has 0 atom stereocenters. The summed E-state index contributed by atoms with van der Waals surface area (Å²) >= 11 is 0. The Balaban J connectivity index is 2.14. The summed E-state index contributed by atoms with van der Waals surface area (Å²) in [6.07, 6.45) is 6.38. The van der Waals surface area contributed by atoms with Crippen LogP contribution in [0, 0.1) is 5.21 Å². The first kappa shape index (κ1) is 14.1. The number of nitrogens with one attached hydrogen (secondary N) is 1. The zero-order valence-electron chi connectivity index (χ0n) is 10.8. The molecule has 0 saturated heterocycles. The van der Waals surface area contributed by atoms with Crippen LogP contribution in [-0.2, 0) is 10.0 Å². The van der Waals surface area contributed by atoms with Crippen molar-refractivity contribution >= 4 is 16.2 Å². The minimum absolute atomic E-state index is 0.0248. The molecular formula is C12H18N2O4S. The quantitative estimate of drug-likeness (QED) is 0.393. The number of nitrogens with zero attached hydrogens (tertiary/aromatic N) is 1. The molecular weight excluding hydrogens is 268 g/mol. The molecule has 19 heavy (non-hydrogen) atoms. The van der Waals surface area contributed by atoms with Crippen LogP contribution in [0.3, 0.4) is 0 Å². The lowest BCUT2D eigenvalue weighted by Gasteiger charge is -2.20. The highest BCUT2D eigenvalue weighted by Crippen LogP contribution is 2.20. The fourth-order valence-corrected chi connectivity index (χ4v) is 2.87. The largest absolute Gasteiger partial charge is 0.624 e. The summed E-state index contributed by atoms with van der Waals surface area (Å²) < 4.78 is 31.2. The van der Waals surface area contributed by atoms with E-state index in [4.69, 9.17) is 4.42 Å². The lowest BCUT2D eigenvalue weighted by atomic mass is 9.96. The van der Waals surface area contributed by atoms with Crippen molar-refractivity contribution in [2.24, 2.45) is 0 Å². The summed E-state index contributed by atoms with van der Waals surface area (Å²) in [5.41, 5.74) is 0. The van der Waals surface area contributed by atoms with Gasteiger partial charge in [0.25, 0.3) is 10.0 Å². The SMILES string of the molecule is CNS(=O)(=O)c1ccc(C=[N+]([O-])C2CCCCC2)o1. The van der Waals surface area contributed by atoms with Gasteiger partial charge in [-0.05, 0) is 32.0 Å². The van der Waals surface area contributed by atoms with E-state index < -0.39 is 10.0 Å². The van der Waals surface area contributed by atoms with Gasteiger partial charge >= 0.3 is 0 Å². The molecule has 1 N–H and O–H groups in total. The highest BCUT2D eigenvalue weighted by Gasteiger charge is 2.21. The molecule has 1 heterocycles. The number of furan rings is 1. The molecule has 106 valence electrons. The average Bonchev–Trinajstić information content (AvgIpc) is 2.89. The summed E-state index contributed by atoms with van der Waals surface area (Å²) in [6, 6.07) is 2.80. The molecule has 0 radical (unpaired) electrons. The summed E-state index contributed by atoms with van der Waals surface area (Å²) in [4.78, 5) is 0.